The maximum absolute atomic E-state index is 6.31. The number of hydrogen-bond acceptors (Lipinski definition) is 0. The van der Waals surface area contributed by atoms with Crippen molar-refractivity contribution in [1.82, 2.24) is 0 Å². The Kier molecular flexibility index (Phi) is 5.27. The quantitative estimate of drug-likeness (QED) is 0.581. The Balaban J connectivity index is 3.04. The summed E-state index contributed by atoms with van der Waals surface area (Å²) in [6, 6.07) is 8.76. The van der Waals surface area contributed by atoms with Crippen molar-refractivity contribution in [2.45, 2.75) is 26.6 Å². The second-order valence-electron chi connectivity index (χ2n) is 5.05. The molecule has 92 valence electrons. The summed E-state index contributed by atoms with van der Waals surface area (Å²) in [7, 11) is -1.36. The second kappa shape index (κ2) is 6.06. The molecule has 0 aliphatic rings. The molecule has 1 aromatic carbocycles. The van der Waals surface area contributed by atoms with Gasteiger partial charge in [-0.15, -0.1) is 0 Å². The Bertz CT molecular complexity index is 427. The minimum absolute atomic E-state index is 0.323. The van der Waals surface area contributed by atoms with Gasteiger partial charge in [0.05, 0.1) is 0 Å². The molecule has 0 bridgehead atoms. The average molecular weight is 330 g/mol. The molecule has 0 saturated heterocycles. The molecule has 0 aliphatic carbocycles. The van der Waals surface area contributed by atoms with Crippen LogP contribution in [0, 0.1) is 6.92 Å². The number of aryl methyl sites for hydroxylation is 1. The Morgan fingerprint density at radius 1 is 1.24 bits per heavy atom. The van der Waals surface area contributed by atoms with E-state index in [0.717, 1.165) is 5.03 Å². The zero-order valence-electron chi connectivity index (χ0n) is 10.9. The van der Waals surface area contributed by atoms with Gasteiger partial charge in [-0.3, -0.25) is 0 Å². The van der Waals surface area contributed by atoms with Gasteiger partial charge in [0.25, 0.3) is 0 Å². The molecule has 0 heterocycles. The fourth-order valence-corrected chi connectivity index (χ4v) is 7.54. The summed E-state index contributed by atoms with van der Waals surface area (Å²) >= 11 is 6.63. The van der Waals surface area contributed by atoms with Gasteiger partial charge in [-0.05, 0) is 0 Å². The van der Waals surface area contributed by atoms with Crippen LogP contribution >= 0.6 is 11.6 Å². The van der Waals surface area contributed by atoms with Gasteiger partial charge in [0.1, 0.15) is 0 Å². The first kappa shape index (κ1) is 14.8. The van der Waals surface area contributed by atoms with Gasteiger partial charge >= 0.3 is 117 Å². The van der Waals surface area contributed by atoms with E-state index in [1.165, 1.54) is 14.1 Å². The molecule has 0 N–H and O–H groups in total. The summed E-state index contributed by atoms with van der Waals surface area (Å²) in [5, 5.41) is 0.866. The van der Waals surface area contributed by atoms with Crippen molar-refractivity contribution in [3.05, 3.63) is 51.6 Å². The summed E-state index contributed by atoms with van der Waals surface area (Å²) in [6.07, 6.45) is 1.78. The molecule has 0 atom stereocenters. The first-order valence-electron chi connectivity index (χ1n) is 5.62. The molecule has 0 aliphatic heterocycles. The molecule has 0 fully saturated rings. The molecule has 17 heavy (non-hydrogen) atoms. The third-order valence-electron chi connectivity index (χ3n) is 2.32. The van der Waals surface area contributed by atoms with Gasteiger partial charge in [-0.1, -0.05) is 0 Å². The Morgan fingerprint density at radius 2 is 1.76 bits per heavy atom. The summed E-state index contributed by atoms with van der Waals surface area (Å²) in [5.74, 6) is 0. The first-order chi connectivity index (χ1) is 7.84. The summed E-state index contributed by atoms with van der Waals surface area (Å²) in [5.41, 5.74) is 1.30. The van der Waals surface area contributed by atoms with Crippen molar-refractivity contribution < 1.29 is 0 Å². The van der Waals surface area contributed by atoms with Gasteiger partial charge in [0.2, 0.25) is 0 Å². The van der Waals surface area contributed by atoms with E-state index >= 15 is 0 Å². The van der Waals surface area contributed by atoms with E-state index < -0.39 is 8.07 Å². The van der Waals surface area contributed by atoms with Crippen LogP contribution in [0.15, 0.2) is 46.0 Å². The number of allylic oxidation sites excluding steroid dienone is 2. The zero-order valence-corrected chi connectivity index (χ0v) is 14.3. The molecular weight excluding hydrogens is 311 g/mol. The van der Waals surface area contributed by atoms with E-state index in [9.17, 15) is 0 Å². The number of rotatable bonds is 4. The SMILES string of the molecule is C=C/C(Cl)=C(\[Se]c1ccc(C)cc1)[Si](C)(C)C. The number of halogens is 1. The van der Waals surface area contributed by atoms with Crippen LogP contribution in [0.25, 0.3) is 0 Å². The van der Waals surface area contributed by atoms with Gasteiger partial charge in [0.15, 0.2) is 0 Å². The first-order valence-corrected chi connectivity index (χ1v) is 11.2. The predicted octanol–water partition coefficient (Wildman–Crippen LogP) is 3.84. The number of benzene rings is 1. The van der Waals surface area contributed by atoms with E-state index in [-0.39, 0.29) is 0 Å². The molecule has 0 aromatic heterocycles. The van der Waals surface area contributed by atoms with Crippen molar-refractivity contribution in [2.75, 3.05) is 0 Å². The molecule has 1 aromatic rings. The Hall–Kier alpha value is -0.274. The van der Waals surface area contributed by atoms with Gasteiger partial charge in [-0.25, -0.2) is 0 Å². The predicted molar refractivity (Wildman–Crippen MR) is 83.0 cm³/mol. The average Bonchev–Trinajstić information content (AvgIpc) is 2.25. The molecular formula is C14H19ClSeSi. The minimum atomic E-state index is -1.36. The summed E-state index contributed by atoms with van der Waals surface area (Å²) in [6.45, 7) is 12.9. The van der Waals surface area contributed by atoms with Crippen LogP contribution in [0.1, 0.15) is 5.56 Å². The Labute approximate surface area is 117 Å². The Morgan fingerprint density at radius 3 is 2.18 bits per heavy atom. The van der Waals surface area contributed by atoms with E-state index in [1.54, 1.807) is 6.08 Å². The van der Waals surface area contributed by atoms with Gasteiger partial charge < -0.3 is 0 Å². The van der Waals surface area contributed by atoms with Crippen molar-refractivity contribution in [2.24, 2.45) is 0 Å². The topological polar surface area (TPSA) is 0 Å². The van der Waals surface area contributed by atoms with E-state index in [1.807, 2.05) is 0 Å². The summed E-state index contributed by atoms with van der Waals surface area (Å²) in [4.78, 5) is 0. The molecule has 0 nitrogen and oxygen atoms in total. The molecule has 0 unspecified atom stereocenters. The van der Waals surface area contributed by atoms with Crippen LogP contribution in [0.3, 0.4) is 0 Å². The van der Waals surface area contributed by atoms with Crippen LogP contribution in [-0.4, -0.2) is 23.0 Å². The molecule has 0 saturated carbocycles. The van der Waals surface area contributed by atoms with E-state index in [4.69, 9.17) is 11.6 Å². The fraction of sp³-hybridized carbons (Fsp3) is 0.286. The van der Waals surface area contributed by atoms with Crippen molar-refractivity contribution in [3.63, 3.8) is 0 Å². The third-order valence-corrected chi connectivity index (χ3v) is 11.0. The van der Waals surface area contributed by atoms with Crippen molar-refractivity contribution in [3.8, 4) is 0 Å². The van der Waals surface area contributed by atoms with Gasteiger partial charge in [-0.2, -0.15) is 0 Å². The fourth-order valence-electron chi connectivity index (χ4n) is 1.38. The standard InChI is InChI=1S/C14H19ClSeSi/c1-6-13(15)14(17(3,4)5)16-12-9-7-11(2)8-10-12/h6-10H,1H2,2-5H3/b14-13-. The van der Waals surface area contributed by atoms with Crippen molar-refractivity contribution >= 4 is 39.1 Å². The van der Waals surface area contributed by atoms with Crippen LogP contribution in [0.2, 0.25) is 19.6 Å². The van der Waals surface area contributed by atoms with E-state index in [0.29, 0.717) is 15.0 Å². The zero-order chi connectivity index (χ0) is 13.1. The van der Waals surface area contributed by atoms with E-state index in [2.05, 4.69) is 57.4 Å². The molecule has 1 rings (SSSR count). The number of hydrogen-bond donors (Lipinski definition) is 0. The van der Waals surface area contributed by atoms with Crippen LogP contribution in [0.4, 0.5) is 0 Å². The van der Waals surface area contributed by atoms with Crippen molar-refractivity contribution in [1.29, 1.82) is 0 Å². The third kappa shape index (κ3) is 4.48. The molecule has 0 radical (unpaired) electrons. The van der Waals surface area contributed by atoms with Crippen LogP contribution in [-0.2, 0) is 0 Å². The maximum atomic E-state index is 6.31. The van der Waals surface area contributed by atoms with Gasteiger partial charge in [0, 0.05) is 0 Å². The molecule has 3 heteroatoms. The molecule has 0 spiro atoms. The second-order valence-corrected chi connectivity index (χ2v) is 13.5. The summed E-state index contributed by atoms with van der Waals surface area (Å²) < 4.78 is 2.83. The monoisotopic (exact) mass is 330 g/mol. The molecule has 0 amide bonds. The normalized spacial score (nSPS) is 13.2. The van der Waals surface area contributed by atoms with Crippen LogP contribution < -0.4 is 4.46 Å². The van der Waals surface area contributed by atoms with Crippen LogP contribution in [0.5, 0.6) is 0 Å².